The van der Waals surface area contributed by atoms with Crippen LogP contribution in [0.2, 0.25) is 5.02 Å². The minimum atomic E-state index is -4.71. The van der Waals surface area contributed by atoms with Crippen molar-refractivity contribution in [1.29, 1.82) is 0 Å². The molecule has 0 fully saturated rings. The maximum Gasteiger partial charge on any atom is 0.573 e. The molecule has 2 aromatic carbocycles. The van der Waals surface area contributed by atoms with Gasteiger partial charge in [-0.3, -0.25) is 9.67 Å². The molecule has 0 spiro atoms. The molecule has 6 nitrogen and oxygen atoms in total. The predicted molar refractivity (Wildman–Crippen MR) is 112 cm³/mol. The Kier molecular flexibility index (Phi) is 5.94. The second kappa shape index (κ2) is 8.81. The first-order valence-corrected chi connectivity index (χ1v) is 9.80. The van der Waals surface area contributed by atoms with Gasteiger partial charge in [0, 0.05) is 40.9 Å². The third-order valence-corrected chi connectivity index (χ3v) is 4.74. The highest BCUT2D eigenvalue weighted by Gasteiger charge is 2.31. The van der Waals surface area contributed by atoms with Crippen molar-refractivity contribution in [2.45, 2.75) is 19.3 Å². The molecule has 4 rings (SSSR count). The monoisotopic (exact) mass is 447 g/mol. The summed E-state index contributed by atoms with van der Waals surface area (Å²) >= 11 is 6.02. The lowest BCUT2D eigenvalue weighted by molar-refractivity contribution is -0.274. The molecule has 0 saturated heterocycles. The van der Waals surface area contributed by atoms with Crippen molar-refractivity contribution in [2.75, 3.05) is 11.9 Å². The van der Waals surface area contributed by atoms with Gasteiger partial charge in [-0.15, -0.1) is 18.3 Å². The largest absolute Gasteiger partial charge is 0.573 e. The van der Waals surface area contributed by atoms with Gasteiger partial charge < -0.3 is 10.1 Å². The van der Waals surface area contributed by atoms with E-state index in [2.05, 4.69) is 25.3 Å². The molecular formula is C21H17ClF3N5O. The van der Waals surface area contributed by atoms with E-state index < -0.39 is 6.36 Å². The van der Waals surface area contributed by atoms with Gasteiger partial charge in [-0.05, 0) is 55.0 Å². The van der Waals surface area contributed by atoms with E-state index in [0.717, 1.165) is 23.0 Å². The summed E-state index contributed by atoms with van der Waals surface area (Å²) in [6.45, 7) is 1.34. The van der Waals surface area contributed by atoms with Crippen molar-refractivity contribution in [1.82, 2.24) is 20.0 Å². The van der Waals surface area contributed by atoms with Gasteiger partial charge in [0.1, 0.15) is 11.4 Å². The number of ether oxygens (including phenoxy) is 1. The second-order valence-electron chi connectivity index (χ2n) is 6.74. The van der Waals surface area contributed by atoms with Gasteiger partial charge in [-0.25, -0.2) is 0 Å². The van der Waals surface area contributed by atoms with Crippen molar-refractivity contribution in [3.8, 4) is 17.0 Å². The number of hydrogen-bond donors (Lipinski definition) is 1. The summed E-state index contributed by atoms with van der Waals surface area (Å²) in [7, 11) is 0. The number of rotatable bonds is 7. The maximum atomic E-state index is 12.3. The van der Waals surface area contributed by atoms with E-state index in [9.17, 15) is 13.2 Å². The quantitative estimate of drug-likeness (QED) is 0.376. The number of anilines is 1. The van der Waals surface area contributed by atoms with Gasteiger partial charge >= 0.3 is 6.36 Å². The Labute approximate surface area is 180 Å². The van der Waals surface area contributed by atoms with Crippen molar-refractivity contribution in [2.24, 2.45) is 0 Å². The maximum absolute atomic E-state index is 12.3. The molecule has 0 aliphatic heterocycles. The molecule has 0 bridgehead atoms. The summed E-state index contributed by atoms with van der Waals surface area (Å²) in [4.78, 5) is 4.32. The molecule has 4 aromatic rings. The van der Waals surface area contributed by atoms with E-state index in [1.807, 2.05) is 24.3 Å². The van der Waals surface area contributed by atoms with Crippen LogP contribution in [0, 0.1) is 0 Å². The minimum absolute atomic E-state index is 0.277. The summed E-state index contributed by atoms with van der Waals surface area (Å²) in [6, 6.07) is 13.0. The Hall–Kier alpha value is -3.33. The molecule has 0 saturated carbocycles. The minimum Gasteiger partial charge on any atom is -0.406 e. The number of aryl methyl sites for hydroxylation is 1. The van der Waals surface area contributed by atoms with Gasteiger partial charge in [0.05, 0.1) is 11.7 Å². The summed E-state index contributed by atoms with van der Waals surface area (Å²) in [5.74, 6) is -0.277. The van der Waals surface area contributed by atoms with Gasteiger partial charge in [-0.2, -0.15) is 0 Å². The van der Waals surface area contributed by atoms with Crippen LogP contribution in [0.25, 0.3) is 22.2 Å². The van der Waals surface area contributed by atoms with E-state index in [1.54, 1.807) is 17.1 Å². The number of nitrogens with zero attached hydrogens (tertiary/aromatic N) is 4. The fourth-order valence-corrected chi connectivity index (χ4v) is 3.27. The van der Waals surface area contributed by atoms with Crippen LogP contribution in [-0.2, 0) is 6.54 Å². The predicted octanol–water partition coefficient (Wildman–Crippen LogP) is 5.55. The second-order valence-corrected chi connectivity index (χ2v) is 7.18. The Morgan fingerprint density at radius 1 is 1.06 bits per heavy atom. The van der Waals surface area contributed by atoms with Gasteiger partial charge in [-0.1, -0.05) is 16.8 Å². The molecule has 0 radical (unpaired) electrons. The zero-order chi connectivity index (χ0) is 21.8. The third kappa shape index (κ3) is 5.43. The average molecular weight is 448 g/mol. The Morgan fingerprint density at radius 2 is 1.87 bits per heavy atom. The summed E-state index contributed by atoms with van der Waals surface area (Å²) in [6.07, 6.45) is -0.438. The Bertz CT molecular complexity index is 1180. The van der Waals surface area contributed by atoms with Crippen LogP contribution in [0.3, 0.4) is 0 Å². The number of alkyl halides is 3. The molecule has 0 atom stereocenters. The number of hydrogen-bond acceptors (Lipinski definition) is 5. The highest BCUT2D eigenvalue weighted by atomic mass is 35.5. The number of pyridine rings is 1. The lowest BCUT2D eigenvalue weighted by atomic mass is 10.1. The van der Waals surface area contributed by atoms with Crippen LogP contribution < -0.4 is 10.1 Å². The third-order valence-electron chi connectivity index (χ3n) is 4.51. The molecule has 0 aliphatic carbocycles. The molecule has 0 unspecified atom stereocenters. The van der Waals surface area contributed by atoms with Crippen LogP contribution in [0.5, 0.6) is 5.75 Å². The smallest absolute Gasteiger partial charge is 0.406 e. The number of halogens is 4. The van der Waals surface area contributed by atoms with Crippen LogP contribution >= 0.6 is 11.6 Å². The van der Waals surface area contributed by atoms with Crippen LogP contribution in [-0.4, -0.2) is 32.9 Å². The van der Waals surface area contributed by atoms with Crippen molar-refractivity contribution in [3.05, 3.63) is 65.9 Å². The van der Waals surface area contributed by atoms with Crippen molar-refractivity contribution < 1.29 is 17.9 Å². The molecule has 2 heterocycles. The van der Waals surface area contributed by atoms with E-state index in [1.165, 1.54) is 24.3 Å². The molecule has 2 aromatic heterocycles. The fourth-order valence-electron chi connectivity index (χ4n) is 3.11. The Morgan fingerprint density at radius 3 is 2.65 bits per heavy atom. The number of benzene rings is 2. The molecule has 0 aliphatic rings. The SMILES string of the molecule is FC(F)(F)Oc1ccc(-c2cn(CCCNc3ccnc4cc(Cl)ccc34)nn2)cc1. The first-order chi connectivity index (χ1) is 14.9. The normalized spacial score (nSPS) is 11.6. The summed E-state index contributed by atoms with van der Waals surface area (Å²) in [5, 5.41) is 13.2. The number of nitrogens with one attached hydrogen (secondary N) is 1. The molecule has 160 valence electrons. The lowest BCUT2D eigenvalue weighted by Gasteiger charge is -2.09. The van der Waals surface area contributed by atoms with E-state index in [4.69, 9.17) is 11.6 Å². The van der Waals surface area contributed by atoms with Crippen LogP contribution in [0.4, 0.5) is 18.9 Å². The summed E-state index contributed by atoms with van der Waals surface area (Å²) < 4.78 is 42.3. The molecule has 0 amide bonds. The highest BCUT2D eigenvalue weighted by Crippen LogP contribution is 2.26. The zero-order valence-corrected chi connectivity index (χ0v) is 16.9. The fraction of sp³-hybridized carbons (Fsp3) is 0.190. The van der Waals surface area contributed by atoms with Gasteiger partial charge in [0.2, 0.25) is 0 Å². The zero-order valence-electron chi connectivity index (χ0n) is 16.1. The van der Waals surface area contributed by atoms with E-state index >= 15 is 0 Å². The number of fused-ring (bicyclic) bond motifs is 1. The topological polar surface area (TPSA) is 64.9 Å². The van der Waals surface area contributed by atoms with Crippen LogP contribution in [0.15, 0.2) is 60.9 Å². The number of aromatic nitrogens is 4. The van der Waals surface area contributed by atoms with E-state index in [-0.39, 0.29) is 5.75 Å². The van der Waals surface area contributed by atoms with Crippen molar-refractivity contribution in [3.63, 3.8) is 0 Å². The lowest BCUT2D eigenvalue weighted by Crippen LogP contribution is -2.16. The van der Waals surface area contributed by atoms with Crippen molar-refractivity contribution >= 4 is 28.2 Å². The van der Waals surface area contributed by atoms with Gasteiger partial charge in [0.15, 0.2) is 0 Å². The first kappa shape index (κ1) is 20.9. The standard InChI is InChI=1S/C21H17ClF3N5O/c22-15-4-7-17-18(8-10-27-19(17)12-15)26-9-1-11-30-13-20(28-29-30)14-2-5-16(6-3-14)31-21(23,24)25/h2-8,10,12-13H,1,9,11H2,(H,26,27). The average Bonchev–Trinajstić information content (AvgIpc) is 3.19. The molecular weight excluding hydrogens is 431 g/mol. The molecule has 1 N–H and O–H groups in total. The van der Waals surface area contributed by atoms with Gasteiger partial charge in [0.25, 0.3) is 0 Å². The van der Waals surface area contributed by atoms with E-state index in [0.29, 0.717) is 29.4 Å². The Balaban J connectivity index is 1.32. The first-order valence-electron chi connectivity index (χ1n) is 9.42. The molecule has 10 heteroatoms. The molecule has 31 heavy (non-hydrogen) atoms. The summed E-state index contributed by atoms with van der Waals surface area (Å²) in [5.41, 5.74) is 3.02. The van der Waals surface area contributed by atoms with Crippen LogP contribution in [0.1, 0.15) is 6.42 Å². The highest BCUT2D eigenvalue weighted by molar-refractivity contribution is 6.31.